The number of nitrogens with zero attached hydrogens (tertiary/aromatic N) is 6. The SMILES string of the molecule is [C-]#[N+]/C(C#N)=C1C2=C(/C(=C(\C#N)[N+]#[C-])c3ccc(-c4ccc([N+]#[C-])c(C)c4)cc32)c2cc(-c3ccc(C#N)c(C)c3)ccc2\1. The lowest BCUT2D eigenvalue weighted by Crippen LogP contribution is -1.96. The highest BCUT2D eigenvalue weighted by molar-refractivity contribution is 6.37. The van der Waals surface area contributed by atoms with Crippen LogP contribution in [0, 0.1) is 67.6 Å². The topological polar surface area (TPSA) is 84.4 Å². The van der Waals surface area contributed by atoms with Gasteiger partial charge in [-0.1, -0.05) is 54.6 Å². The van der Waals surface area contributed by atoms with Gasteiger partial charge >= 0.3 is 0 Å². The monoisotopic (exact) mass is 558 g/mol. The summed E-state index contributed by atoms with van der Waals surface area (Å²) in [5, 5.41) is 29.5. The molecule has 0 saturated carbocycles. The van der Waals surface area contributed by atoms with E-state index in [2.05, 4.69) is 32.7 Å². The van der Waals surface area contributed by atoms with E-state index in [-0.39, 0.29) is 11.4 Å². The zero-order valence-corrected chi connectivity index (χ0v) is 23.6. The first kappa shape index (κ1) is 27.2. The van der Waals surface area contributed by atoms with Crippen LogP contribution in [0.15, 0.2) is 84.2 Å². The largest absolute Gasteiger partial charge is 0.270 e. The quantitative estimate of drug-likeness (QED) is 0.181. The number of rotatable bonds is 2. The summed E-state index contributed by atoms with van der Waals surface area (Å²) in [4.78, 5) is 10.7. The van der Waals surface area contributed by atoms with Crippen LogP contribution in [0.1, 0.15) is 38.9 Å². The van der Waals surface area contributed by atoms with E-state index in [9.17, 15) is 15.8 Å². The van der Waals surface area contributed by atoms with Crippen LogP contribution in [0.2, 0.25) is 0 Å². The smallest absolute Gasteiger partial charge is 0.238 e. The molecule has 0 saturated heterocycles. The highest BCUT2D eigenvalue weighted by Crippen LogP contribution is 2.60. The van der Waals surface area contributed by atoms with Crippen LogP contribution < -0.4 is 0 Å². The van der Waals surface area contributed by atoms with Crippen LogP contribution in [0.3, 0.4) is 0 Å². The Morgan fingerprint density at radius 2 is 1.02 bits per heavy atom. The fourth-order valence-corrected chi connectivity index (χ4v) is 6.05. The minimum atomic E-state index is -0.0746. The van der Waals surface area contributed by atoms with Gasteiger partial charge in [-0.15, -0.1) is 0 Å². The van der Waals surface area contributed by atoms with Gasteiger partial charge in [0.1, 0.15) is 0 Å². The fourth-order valence-electron chi connectivity index (χ4n) is 6.05. The second kappa shape index (κ2) is 10.5. The predicted molar refractivity (Wildman–Crippen MR) is 169 cm³/mol. The van der Waals surface area contributed by atoms with Crippen molar-refractivity contribution in [2.75, 3.05) is 0 Å². The van der Waals surface area contributed by atoms with Crippen LogP contribution >= 0.6 is 0 Å². The average Bonchev–Trinajstić information content (AvgIpc) is 3.55. The summed E-state index contributed by atoms with van der Waals surface area (Å²) in [5.41, 5.74) is 11.3. The number of benzene rings is 4. The molecule has 0 unspecified atom stereocenters. The molecule has 0 aliphatic heterocycles. The second-order valence-electron chi connectivity index (χ2n) is 10.4. The van der Waals surface area contributed by atoms with E-state index in [0.29, 0.717) is 44.7 Å². The van der Waals surface area contributed by atoms with Crippen molar-refractivity contribution in [3.63, 3.8) is 0 Å². The fraction of sp³-hybridized carbons (Fsp3) is 0.0526. The molecule has 4 aromatic carbocycles. The van der Waals surface area contributed by atoms with Crippen molar-refractivity contribution in [3.05, 3.63) is 157 Å². The van der Waals surface area contributed by atoms with Crippen molar-refractivity contribution in [3.8, 4) is 40.5 Å². The molecule has 0 spiro atoms. The molecule has 0 atom stereocenters. The first-order chi connectivity index (χ1) is 21.4. The summed E-state index contributed by atoms with van der Waals surface area (Å²) in [6, 6.07) is 29.1. The third-order valence-electron chi connectivity index (χ3n) is 8.11. The molecule has 44 heavy (non-hydrogen) atoms. The number of allylic oxidation sites excluding steroid dienone is 6. The zero-order valence-electron chi connectivity index (χ0n) is 23.6. The van der Waals surface area contributed by atoms with E-state index in [4.69, 9.17) is 19.7 Å². The van der Waals surface area contributed by atoms with E-state index in [1.807, 2.05) is 74.5 Å². The van der Waals surface area contributed by atoms with Crippen LogP contribution in [0.5, 0.6) is 0 Å². The number of fused-ring (bicyclic) bond motifs is 4. The van der Waals surface area contributed by atoms with Gasteiger partial charge in [-0.05, 0) is 98.8 Å². The Bertz CT molecular complexity index is 2160. The van der Waals surface area contributed by atoms with Crippen LogP contribution in [0.4, 0.5) is 5.69 Å². The van der Waals surface area contributed by atoms with Gasteiger partial charge < -0.3 is 0 Å². The van der Waals surface area contributed by atoms with E-state index in [1.165, 1.54) is 0 Å². The molecule has 6 nitrogen and oxygen atoms in total. The lowest BCUT2D eigenvalue weighted by Gasteiger charge is -2.15. The molecular weight excluding hydrogens is 540 g/mol. The highest BCUT2D eigenvalue weighted by Gasteiger charge is 2.39. The van der Waals surface area contributed by atoms with Gasteiger partial charge in [0, 0.05) is 11.1 Å². The van der Waals surface area contributed by atoms with Crippen molar-refractivity contribution in [1.29, 1.82) is 15.8 Å². The maximum absolute atomic E-state index is 10.1. The highest BCUT2D eigenvalue weighted by atomic mass is 14.7. The molecule has 0 aromatic heterocycles. The Kier molecular flexibility index (Phi) is 6.47. The normalized spacial score (nSPS) is 14.5. The Labute approximate surface area is 255 Å². The molecule has 2 aliphatic rings. The van der Waals surface area contributed by atoms with Gasteiger partial charge in [-0.25, -0.2) is 25.1 Å². The lowest BCUT2D eigenvalue weighted by atomic mass is 9.88. The number of hydrogen-bond donors (Lipinski definition) is 0. The Morgan fingerprint density at radius 1 is 0.568 bits per heavy atom. The first-order valence-electron chi connectivity index (χ1n) is 13.5. The first-order valence-corrected chi connectivity index (χ1v) is 13.5. The molecule has 200 valence electrons. The van der Waals surface area contributed by atoms with Gasteiger partial charge in [0.15, 0.2) is 5.69 Å². The molecule has 4 aromatic rings. The van der Waals surface area contributed by atoms with Crippen LogP contribution in [-0.4, -0.2) is 0 Å². The van der Waals surface area contributed by atoms with Crippen molar-refractivity contribution in [2.45, 2.75) is 13.8 Å². The molecule has 2 aliphatic carbocycles. The molecule has 0 N–H and O–H groups in total. The molecule has 6 rings (SSSR count). The van der Waals surface area contributed by atoms with Gasteiger partial charge in [0.05, 0.1) is 43.5 Å². The van der Waals surface area contributed by atoms with Crippen molar-refractivity contribution in [2.24, 2.45) is 0 Å². The molecule has 6 heteroatoms. The van der Waals surface area contributed by atoms with E-state index in [0.717, 1.165) is 44.5 Å². The number of hydrogen-bond acceptors (Lipinski definition) is 3. The van der Waals surface area contributed by atoms with Gasteiger partial charge in [-0.2, -0.15) is 5.26 Å². The molecule has 0 radical (unpaired) electrons. The molecular formula is C38H18N6. The Hall–Kier alpha value is -6.96. The second-order valence-corrected chi connectivity index (χ2v) is 10.4. The lowest BCUT2D eigenvalue weighted by molar-refractivity contribution is 1.39. The molecule has 0 fully saturated rings. The summed E-state index contributed by atoms with van der Waals surface area (Å²) in [7, 11) is 0. The predicted octanol–water partition coefficient (Wildman–Crippen LogP) is 9.31. The third-order valence-corrected chi connectivity index (χ3v) is 8.11. The summed E-state index contributed by atoms with van der Waals surface area (Å²) < 4.78 is 0. The summed E-state index contributed by atoms with van der Waals surface area (Å²) in [5.74, 6) is 0. The Morgan fingerprint density at radius 3 is 1.43 bits per heavy atom. The minimum Gasteiger partial charge on any atom is -0.238 e. The van der Waals surface area contributed by atoms with Gasteiger partial charge in [0.2, 0.25) is 0 Å². The van der Waals surface area contributed by atoms with Gasteiger partial charge in [-0.3, -0.25) is 0 Å². The van der Waals surface area contributed by atoms with Gasteiger partial charge in [0.25, 0.3) is 11.4 Å². The summed E-state index contributed by atoms with van der Waals surface area (Å²) in [6.07, 6.45) is 0. The molecule has 0 heterocycles. The minimum absolute atomic E-state index is 0.0746. The standard InChI is InChI=1S/C38H18N6/c1-21-14-23(6-7-27(21)18-39)25-8-11-28-30(16-25)37-36(34(20-41)44-5)29-12-9-26(24-10-13-32(42-3)22(2)15-24)17-31(29)38(37)35(28)33(19-40)43-4/h6-17H,1-2H3/b35-33-,36-34+. The summed E-state index contributed by atoms with van der Waals surface area (Å²) in [6.45, 7) is 26.8. The van der Waals surface area contributed by atoms with E-state index >= 15 is 0 Å². The van der Waals surface area contributed by atoms with E-state index < -0.39 is 0 Å². The van der Waals surface area contributed by atoms with Crippen LogP contribution in [-0.2, 0) is 0 Å². The maximum atomic E-state index is 10.1. The average molecular weight is 559 g/mol. The van der Waals surface area contributed by atoms with Crippen molar-refractivity contribution in [1.82, 2.24) is 0 Å². The van der Waals surface area contributed by atoms with Crippen molar-refractivity contribution < 1.29 is 0 Å². The molecule has 0 amide bonds. The number of nitriles is 3. The van der Waals surface area contributed by atoms with E-state index in [1.54, 1.807) is 12.1 Å². The van der Waals surface area contributed by atoms with Crippen molar-refractivity contribution >= 4 is 28.0 Å². The molecule has 0 bridgehead atoms. The maximum Gasteiger partial charge on any atom is 0.270 e. The third kappa shape index (κ3) is 3.98. The Balaban J connectivity index is 1.67. The van der Waals surface area contributed by atoms with Crippen LogP contribution in [0.25, 0.3) is 59.1 Å². The zero-order chi connectivity index (χ0) is 31.1. The summed E-state index contributed by atoms with van der Waals surface area (Å²) >= 11 is 0. The number of aryl methyl sites for hydroxylation is 2.